The highest BCUT2D eigenvalue weighted by Crippen LogP contribution is 2.16. The van der Waals surface area contributed by atoms with Crippen molar-refractivity contribution in [1.82, 2.24) is 4.90 Å². The first-order chi connectivity index (χ1) is 10.7. The molecule has 2 aromatic carbocycles. The highest BCUT2D eigenvalue weighted by atomic mass is 16.5. The number of amides is 1. The Bertz CT molecular complexity index is 595. The number of carbonyl (C=O) groups excluding carboxylic acids is 1. The van der Waals surface area contributed by atoms with Crippen LogP contribution in [0.5, 0.6) is 5.75 Å². The van der Waals surface area contributed by atoms with Gasteiger partial charge in [0.05, 0.1) is 0 Å². The van der Waals surface area contributed by atoms with E-state index in [2.05, 4.69) is 6.92 Å². The van der Waals surface area contributed by atoms with E-state index in [-0.39, 0.29) is 5.91 Å². The van der Waals surface area contributed by atoms with E-state index in [0.717, 1.165) is 36.3 Å². The molecular formula is C19H23NO2. The summed E-state index contributed by atoms with van der Waals surface area (Å²) in [6.07, 6.45) is 2.10. The molecule has 0 heterocycles. The fourth-order valence-corrected chi connectivity index (χ4v) is 2.24. The predicted octanol–water partition coefficient (Wildman–Crippen LogP) is 4.14. The van der Waals surface area contributed by atoms with E-state index in [4.69, 9.17) is 4.74 Å². The third kappa shape index (κ3) is 4.35. The molecule has 0 aliphatic carbocycles. The molecule has 0 aliphatic heterocycles. The SMILES string of the molecule is CCCCN(C)C(=O)c1ccccc1COc1ccccc1. The van der Waals surface area contributed by atoms with Gasteiger partial charge < -0.3 is 9.64 Å². The van der Waals surface area contributed by atoms with E-state index < -0.39 is 0 Å². The Kier molecular flexibility index (Phi) is 6.01. The number of unbranched alkanes of at least 4 members (excludes halogenated alkanes) is 1. The number of ether oxygens (including phenoxy) is 1. The first-order valence-corrected chi connectivity index (χ1v) is 7.73. The molecule has 2 rings (SSSR count). The lowest BCUT2D eigenvalue weighted by Gasteiger charge is -2.19. The van der Waals surface area contributed by atoms with Crippen LogP contribution >= 0.6 is 0 Å². The average Bonchev–Trinajstić information content (AvgIpc) is 2.58. The van der Waals surface area contributed by atoms with Crippen molar-refractivity contribution in [1.29, 1.82) is 0 Å². The summed E-state index contributed by atoms with van der Waals surface area (Å²) in [7, 11) is 1.85. The first-order valence-electron chi connectivity index (χ1n) is 7.73. The van der Waals surface area contributed by atoms with Crippen LogP contribution < -0.4 is 4.74 Å². The van der Waals surface area contributed by atoms with Crippen LogP contribution in [0.15, 0.2) is 54.6 Å². The molecule has 0 saturated heterocycles. The molecular weight excluding hydrogens is 274 g/mol. The third-order valence-electron chi connectivity index (χ3n) is 3.58. The van der Waals surface area contributed by atoms with Crippen LogP contribution in [0.25, 0.3) is 0 Å². The molecule has 0 fully saturated rings. The Balaban J connectivity index is 2.07. The van der Waals surface area contributed by atoms with Gasteiger partial charge in [-0.25, -0.2) is 0 Å². The topological polar surface area (TPSA) is 29.5 Å². The summed E-state index contributed by atoms with van der Waals surface area (Å²) < 4.78 is 5.77. The second kappa shape index (κ2) is 8.23. The summed E-state index contributed by atoms with van der Waals surface area (Å²) in [6, 6.07) is 17.3. The summed E-state index contributed by atoms with van der Waals surface area (Å²) in [5.74, 6) is 0.866. The van der Waals surface area contributed by atoms with Crippen LogP contribution in [-0.2, 0) is 6.61 Å². The van der Waals surface area contributed by atoms with Crippen LogP contribution in [0, 0.1) is 0 Å². The maximum absolute atomic E-state index is 12.6. The number of hydrogen-bond donors (Lipinski definition) is 0. The van der Waals surface area contributed by atoms with E-state index in [9.17, 15) is 4.79 Å². The van der Waals surface area contributed by atoms with Gasteiger partial charge in [0, 0.05) is 24.7 Å². The summed E-state index contributed by atoms with van der Waals surface area (Å²) >= 11 is 0. The molecule has 2 aromatic rings. The van der Waals surface area contributed by atoms with Crippen molar-refractivity contribution in [3.63, 3.8) is 0 Å². The smallest absolute Gasteiger partial charge is 0.254 e. The van der Waals surface area contributed by atoms with Crippen LogP contribution in [-0.4, -0.2) is 24.4 Å². The standard InChI is InChI=1S/C19H23NO2/c1-3-4-14-20(2)19(21)18-13-9-8-10-16(18)15-22-17-11-6-5-7-12-17/h5-13H,3-4,14-15H2,1-2H3. The Morgan fingerprint density at radius 3 is 2.45 bits per heavy atom. The van der Waals surface area contributed by atoms with Crippen molar-refractivity contribution in [2.45, 2.75) is 26.4 Å². The largest absolute Gasteiger partial charge is 0.489 e. The van der Waals surface area contributed by atoms with Crippen molar-refractivity contribution < 1.29 is 9.53 Å². The number of nitrogens with zero attached hydrogens (tertiary/aromatic N) is 1. The zero-order valence-electron chi connectivity index (χ0n) is 13.3. The number of carbonyl (C=O) groups is 1. The van der Waals surface area contributed by atoms with Gasteiger partial charge in [-0.3, -0.25) is 4.79 Å². The summed E-state index contributed by atoms with van der Waals surface area (Å²) in [4.78, 5) is 14.3. The summed E-state index contributed by atoms with van der Waals surface area (Å²) in [5.41, 5.74) is 1.64. The minimum Gasteiger partial charge on any atom is -0.489 e. The van der Waals surface area contributed by atoms with Crippen molar-refractivity contribution >= 4 is 5.91 Å². The Labute approximate surface area is 132 Å². The average molecular weight is 297 g/mol. The molecule has 0 spiro atoms. The molecule has 0 aromatic heterocycles. The highest BCUT2D eigenvalue weighted by Gasteiger charge is 2.15. The molecule has 0 aliphatic rings. The van der Waals surface area contributed by atoms with Gasteiger partial charge in [0.15, 0.2) is 0 Å². The van der Waals surface area contributed by atoms with Gasteiger partial charge >= 0.3 is 0 Å². The van der Waals surface area contributed by atoms with Crippen molar-refractivity contribution in [3.05, 3.63) is 65.7 Å². The Morgan fingerprint density at radius 1 is 1.05 bits per heavy atom. The van der Waals surface area contributed by atoms with Gasteiger partial charge in [-0.1, -0.05) is 49.7 Å². The molecule has 1 amide bonds. The maximum Gasteiger partial charge on any atom is 0.254 e. The van der Waals surface area contributed by atoms with Gasteiger partial charge in [-0.2, -0.15) is 0 Å². The zero-order chi connectivity index (χ0) is 15.8. The molecule has 0 bridgehead atoms. The number of para-hydroxylation sites is 1. The lowest BCUT2D eigenvalue weighted by molar-refractivity contribution is 0.0790. The van der Waals surface area contributed by atoms with E-state index in [1.54, 1.807) is 4.90 Å². The molecule has 22 heavy (non-hydrogen) atoms. The summed E-state index contributed by atoms with van der Waals surface area (Å²) in [6.45, 7) is 3.30. The minimum atomic E-state index is 0.0562. The fraction of sp³-hybridized carbons (Fsp3) is 0.316. The maximum atomic E-state index is 12.6. The van der Waals surface area contributed by atoms with E-state index in [0.29, 0.717) is 6.61 Å². The van der Waals surface area contributed by atoms with Crippen LogP contribution in [0.2, 0.25) is 0 Å². The van der Waals surface area contributed by atoms with E-state index in [1.165, 1.54) is 0 Å². The molecule has 3 heteroatoms. The Morgan fingerprint density at radius 2 is 1.73 bits per heavy atom. The monoisotopic (exact) mass is 297 g/mol. The fourth-order valence-electron chi connectivity index (χ4n) is 2.24. The predicted molar refractivity (Wildman–Crippen MR) is 89.1 cm³/mol. The van der Waals surface area contributed by atoms with Gasteiger partial charge in [0.2, 0.25) is 0 Å². The van der Waals surface area contributed by atoms with Crippen LogP contribution in [0.4, 0.5) is 0 Å². The highest BCUT2D eigenvalue weighted by molar-refractivity contribution is 5.95. The van der Waals surface area contributed by atoms with E-state index >= 15 is 0 Å². The lowest BCUT2D eigenvalue weighted by atomic mass is 10.1. The van der Waals surface area contributed by atoms with Crippen molar-refractivity contribution in [3.8, 4) is 5.75 Å². The Hall–Kier alpha value is -2.29. The quantitative estimate of drug-likeness (QED) is 0.768. The summed E-state index contributed by atoms with van der Waals surface area (Å²) in [5, 5.41) is 0. The normalized spacial score (nSPS) is 10.3. The lowest BCUT2D eigenvalue weighted by Crippen LogP contribution is -2.28. The molecule has 0 radical (unpaired) electrons. The van der Waals surface area contributed by atoms with Gasteiger partial charge in [-0.05, 0) is 24.6 Å². The zero-order valence-corrected chi connectivity index (χ0v) is 13.3. The van der Waals surface area contributed by atoms with Gasteiger partial charge in [-0.15, -0.1) is 0 Å². The number of hydrogen-bond acceptors (Lipinski definition) is 2. The number of rotatable bonds is 7. The van der Waals surface area contributed by atoms with Crippen LogP contribution in [0.3, 0.4) is 0 Å². The molecule has 0 N–H and O–H groups in total. The number of benzene rings is 2. The first kappa shape index (κ1) is 16.1. The second-order valence-corrected chi connectivity index (χ2v) is 5.34. The van der Waals surface area contributed by atoms with Gasteiger partial charge in [0.1, 0.15) is 12.4 Å². The molecule has 0 atom stereocenters. The molecule has 0 saturated carbocycles. The molecule has 116 valence electrons. The molecule has 3 nitrogen and oxygen atoms in total. The third-order valence-corrected chi connectivity index (χ3v) is 3.58. The van der Waals surface area contributed by atoms with Crippen LogP contribution in [0.1, 0.15) is 35.7 Å². The van der Waals surface area contributed by atoms with Crippen molar-refractivity contribution in [2.75, 3.05) is 13.6 Å². The van der Waals surface area contributed by atoms with E-state index in [1.807, 2.05) is 61.6 Å². The minimum absolute atomic E-state index is 0.0562. The van der Waals surface area contributed by atoms with Crippen molar-refractivity contribution in [2.24, 2.45) is 0 Å². The second-order valence-electron chi connectivity index (χ2n) is 5.34. The molecule has 0 unspecified atom stereocenters. The van der Waals surface area contributed by atoms with Gasteiger partial charge in [0.25, 0.3) is 5.91 Å².